The van der Waals surface area contributed by atoms with Crippen LogP contribution in [0.25, 0.3) is 0 Å². The Morgan fingerprint density at radius 1 is 0.359 bits per heavy atom. The molecule has 0 radical (unpaired) electrons. The fourth-order valence-electron chi connectivity index (χ4n) is 12.0. The van der Waals surface area contributed by atoms with E-state index in [9.17, 15) is 61.0 Å². The van der Waals surface area contributed by atoms with Crippen LogP contribution in [0, 0.1) is 0 Å². The van der Waals surface area contributed by atoms with E-state index in [0.29, 0.717) is 12.8 Å². The Morgan fingerprint density at radius 3 is 1.09 bits per heavy atom. The first-order valence-electron chi connectivity index (χ1n) is 39.2. The number of aliphatic hydroxyl groups is 11. The molecule has 3 aliphatic heterocycles. The van der Waals surface area contributed by atoms with Crippen LogP contribution in [0.15, 0.2) is 158 Å². The smallest absolute Gasteiger partial charge is 0.220 e. The van der Waals surface area contributed by atoms with Crippen LogP contribution in [0.4, 0.5) is 0 Å². The van der Waals surface area contributed by atoms with Gasteiger partial charge in [-0.3, -0.25) is 4.79 Å². The molecule has 0 bridgehead atoms. The van der Waals surface area contributed by atoms with E-state index in [1.165, 1.54) is 77.0 Å². The predicted octanol–water partition coefficient (Wildman–Crippen LogP) is 12.8. The Balaban J connectivity index is 1.35. The second-order valence-corrected chi connectivity index (χ2v) is 27.1. The van der Waals surface area contributed by atoms with Gasteiger partial charge in [0.05, 0.1) is 38.6 Å². The van der Waals surface area contributed by atoms with Crippen LogP contribution in [0.2, 0.25) is 0 Å². The van der Waals surface area contributed by atoms with Gasteiger partial charge in [-0.05, 0) is 122 Å². The van der Waals surface area contributed by atoms with Crippen molar-refractivity contribution in [2.24, 2.45) is 0 Å². The topological polar surface area (TPSA) is 307 Å². The fourth-order valence-corrected chi connectivity index (χ4v) is 12.0. The summed E-state index contributed by atoms with van der Waals surface area (Å²) in [5.74, 6) is -0.301. The lowest BCUT2D eigenvalue weighted by Gasteiger charge is -2.48. The normalized spacial score (nSPS) is 26.9. The summed E-state index contributed by atoms with van der Waals surface area (Å²) in [6.07, 6.45) is 65.1. The zero-order chi connectivity index (χ0) is 74.6. The minimum Gasteiger partial charge on any atom is -0.394 e. The van der Waals surface area contributed by atoms with Gasteiger partial charge in [0.2, 0.25) is 5.91 Å². The number of hydrogen-bond acceptors (Lipinski definition) is 18. The summed E-state index contributed by atoms with van der Waals surface area (Å²) in [4.78, 5) is 13.4. The molecule has 19 heteroatoms. The molecule has 0 aromatic heterocycles. The molecule has 3 rings (SSSR count). The standard InChI is InChI=1S/C84H137NO18/c1-3-5-7-9-11-13-15-17-19-21-22-23-24-25-26-27-28-29-30-31-32-33-34-35-36-37-38-39-40-41-42-43-44-46-48-50-52-54-56-58-60-62-72(90)85-67(68(89)61-59-57-55-53-51-49-47-45-20-18-16-14-12-10-8-6-4-2)66-98-82-78(96)75(93)80(70(64-87)100-82)103-84-79(97)76(94)81(71(65-88)101-84)102-83-77(95)74(92)73(91)69(63-86)99-83/h5,7,11,13,17,19-20,22-23,25-26,28-29,31-32,34-35,37-38,40-41,45,51,53,59,61,67-71,73-84,86-89,91-97H,3-4,6,8-10,12,14-16,18,21,24,27,30,33,36,39,42-44,46-50,52,54-58,60,62-66H2,1-2H3,(H,85,90)/b7-5-,13-11-,19-17-,23-22-,26-25-,29-28-,32-31-,35-34-,38-37-,41-40-,45-20+,53-51+,61-59+. The number of carbonyl (C=O) groups excluding carboxylic acids is 1. The summed E-state index contributed by atoms with van der Waals surface area (Å²) >= 11 is 0. The van der Waals surface area contributed by atoms with Crippen LogP contribution >= 0.6 is 0 Å². The maximum Gasteiger partial charge on any atom is 0.220 e. The Bertz CT molecular complexity index is 2480. The summed E-state index contributed by atoms with van der Waals surface area (Å²) in [6.45, 7) is 1.56. The summed E-state index contributed by atoms with van der Waals surface area (Å²) in [6, 6.07) is -1.01. The van der Waals surface area contributed by atoms with Gasteiger partial charge >= 0.3 is 0 Å². The highest BCUT2D eigenvalue weighted by molar-refractivity contribution is 5.76. The average Bonchev–Trinajstić information content (AvgIpc) is 0.782. The van der Waals surface area contributed by atoms with Crippen molar-refractivity contribution >= 4 is 5.91 Å². The monoisotopic (exact) mass is 1450 g/mol. The van der Waals surface area contributed by atoms with Crippen molar-refractivity contribution in [3.8, 4) is 0 Å². The zero-order valence-electron chi connectivity index (χ0n) is 62.5. The first kappa shape index (κ1) is 92.6. The van der Waals surface area contributed by atoms with Crippen LogP contribution in [-0.2, 0) is 33.2 Å². The highest BCUT2D eigenvalue weighted by atomic mass is 16.8. The number of unbranched alkanes of at least 4 members (excludes halogenated alkanes) is 19. The molecule has 0 aromatic rings. The van der Waals surface area contributed by atoms with E-state index in [0.717, 1.165) is 122 Å². The van der Waals surface area contributed by atoms with Gasteiger partial charge in [-0.25, -0.2) is 0 Å². The van der Waals surface area contributed by atoms with Crippen LogP contribution in [-0.4, -0.2) is 193 Å². The van der Waals surface area contributed by atoms with Gasteiger partial charge in [-0.15, -0.1) is 0 Å². The molecule has 0 saturated carbocycles. The molecule has 17 unspecified atom stereocenters. The number of amides is 1. The number of ether oxygens (including phenoxy) is 6. The van der Waals surface area contributed by atoms with Crippen molar-refractivity contribution in [1.82, 2.24) is 5.32 Å². The minimum atomic E-state index is -1.99. The van der Waals surface area contributed by atoms with E-state index in [2.05, 4.69) is 165 Å². The Labute approximate surface area is 618 Å². The largest absolute Gasteiger partial charge is 0.394 e. The number of hydrogen-bond donors (Lipinski definition) is 12. The molecule has 3 saturated heterocycles. The maximum absolute atomic E-state index is 13.4. The highest BCUT2D eigenvalue weighted by Gasteiger charge is 2.53. The third-order valence-corrected chi connectivity index (χ3v) is 18.3. The average molecular weight is 1450 g/mol. The zero-order valence-corrected chi connectivity index (χ0v) is 62.5. The SMILES string of the molecule is CC/C=C\C/C=C\C/C=C\C/C=C\C/C=C\C/C=C\C/C=C\C/C=C\C/C=C\C/C=C\CCCCCCCCCCCCC(=O)NC(COC1OC(CO)C(OC2OC(CO)C(OC3OC(CO)C(O)C(O)C3O)C(O)C2O)C(O)C1O)C(O)/C=C/CC/C=C/CC/C=C/CCCCCCCCC. The van der Waals surface area contributed by atoms with Crippen LogP contribution in [0.3, 0.4) is 0 Å². The Hall–Kier alpha value is -4.59. The maximum atomic E-state index is 13.4. The third kappa shape index (κ3) is 42.5. The second-order valence-electron chi connectivity index (χ2n) is 27.1. The molecule has 0 aliphatic carbocycles. The van der Waals surface area contributed by atoms with Gasteiger partial charge in [-0.1, -0.05) is 262 Å². The number of rotatable bonds is 59. The van der Waals surface area contributed by atoms with Gasteiger partial charge < -0.3 is 89.9 Å². The lowest BCUT2D eigenvalue weighted by atomic mass is 9.96. The minimum absolute atomic E-state index is 0.217. The van der Waals surface area contributed by atoms with Crippen molar-refractivity contribution in [3.63, 3.8) is 0 Å². The quantitative estimate of drug-likeness (QED) is 0.0199. The van der Waals surface area contributed by atoms with Crippen molar-refractivity contribution in [2.45, 2.75) is 336 Å². The lowest BCUT2D eigenvalue weighted by molar-refractivity contribution is -0.379. The number of nitrogens with one attached hydrogen (secondary N) is 1. The molecular weight excluding hydrogens is 1310 g/mol. The molecule has 586 valence electrons. The summed E-state index contributed by atoms with van der Waals surface area (Å²) in [7, 11) is 0. The Kier molecular flexibility index (Phi) is 56.2. The second kappa shape index (κ2) is 62.4. The lowest BCUT2D eigenvalue weighted by Crippen LogP contribution is -2.66. The highest BCUT2D eigenvalue weighted by Crippen LogP contribution is 2.33. The fraction of sp³-hybridized carbons (Fsp3) is 0.679. The molecule has 3 fully saturated rings. The van der Waals surface area contributed by atoms with Crippen LogP contribution < -0.4 is 5.32 Å². The number of aliphatic hydroxyl groups excluding tert-OH is 11. The molecule has 103 heavy (non-hydrogen) atoms. The summed E-state index contributed by atoms with van der Waals surface area (Å²) in [5, 5.41) is 121. The van der Waals surface area contributed by atoms with E-state index in [4.69, 9.17) is 28.4 Å². The van der Waals surface area contributed by atoms with Crippen molar-refractivity contribution in [2.75, 3.05) is 26.4 Å². The Morgan fingerprint density at radius 2 is 0.680 bits per heavy atom. The first-order valence-corrected chi connectivity index (χ1v) is 39.2. The van der Waals surface area contributed by atoms with E-state index in [1.807, 2.05) is 6.08 Å². The molecule has 3 aliphatic rings. The van der Waals surface area contributed by atoms with E-state index in [-0.39, 0.29) is 18.9 Å². The van der Waals surface area contributed by atoms with E-state index >= 15 is 0 Å². The molecule has 12 N–H and O–H groups in total. The molecular formula is C84H137NO18. The summed E-state index contributed by atoms with van der Waals surface area (Å²) < 4.78 is 34.4. The van der Waals surface area contributed by atoms with Gasteiger partial charge in [-0.2, -0.15) is 0 Å². The molecule has 3 heterocycles. The first-order chi connectivity index (χ1) is 50.3. The molecule has 0 spiro atoms. The van der Waals surface area contributed by atoms with Gasteiger partial charge in [0.1, 0.15) is 73.2 Å². The molecule has 0 aromatic carbocycles. The van der Waals surface area contributed by atoms with Gasteiger partial charge in [0, 0.05) is 6.42 Å². The van der Waals surface area contributed by atoms with Gasteiger partial charge in [0.15, 0.2) is 18.9 Å². The van der Waals surface area contributed by atoms with Crippen molar-refractivity contribution in [1.29, 1.82) is 0 Å². The predicted molar refractivity (Wildman–Crippen MR) is 410 cm³/mol. The van der Waals surface area contributed by atoms with Crippen LogP contribution in [0.5, 0.6) is 0 Å². The molecule has 19 nitrogen and oxygen atoms in total. The van der Waals surface area contributed by atoms with Crippen molar-refractivity contribution in [3.05, 3.63) is 158 Å². The van der Waals surface area contributed by atoms with Crippen molar-refractivity contribution < 1.29 is 89.4 Å². The summed E-state index contributed by atoms with van der Waals surface area (Å²) in [5.41, 5.74) is 0. The molecule has 17 atom stereocenters. The third-order valence-electron chi connectivity index (χ3n) is 18.3. The van der Waals surface area contributed by atoms with Gasteiger partial charge in [0.25, 0.3) is 0 Å². The molecule has 1 amide bonds. The number of carbonyl (C=O) groups is 1. The van der Waals surface area contributed by atoms with E-state index in [1.54, 1.807) is 6.08 Å². The number of allylic oxidation sites excluding steroid dienone is 25. The van der Waals surface area contributed by atoms with Crippen LogP contribution in [0.1, 0.15) is 232 Å². The van der Waals surface area contributed by atoms with E-state index < -0.39 is 124 Å².